The lowest BCUT2D eigenvalue weighted by Gasteiger charge is -2.26. The first-order valence-electron chi connectivity index (χ1n) is 9.67. The Bertz CT molecular complexity index is 714. The van der Waals surface area contributed by atoms with Gasteiger partial charge >= 0.3 is 0 Å². The van der Waals surface area contributed by atoms with Crippen molar-refractivity contribution in [3.8, 4) is 0 Å². The van der Waals surface area contributed by atoms with Crippen molar-refractivity contribution in [1.29, 1.82) is 0 Å². The van der Waals surface area contributed by atoms with Gasteiger partial charge in [0.15, 0.2) is 0 Å². The Labute approximate surface area is 157 Å². The van der Waals surface area contributed by atoms with E-state index < -0.39 is 0 Å². The number of nitrogens with one attached hydrogen (secondary N) is 1. The van der Waals surface area contributed by atoms with Crippen LogP contribution in [0.15, 0.2) is 36.4 Å². The average Bonchev–Trinajstić information content (AvgIpc) is 2.63. The minimum atomic E-state index is 0.576. The molecule has 1 fully saturated rings. The van der Waals surface area contributed by atoms with Crippen LogP contribution in [-0.4, -0.2) is 0 Å². The largest absolute Gasteiger partial charge is 0.381 e. The average molecular weight is 356 g/mol. The van der Waals surface area contributed by atoms with Crippen LogP contribution in [0.4, 0.5) is 5.69 Å². The van der Waals surface area contributed by atoms with E-state index in [1.54, 1.807) is 0 Å². The number of benzene rings is 2. The van der Waals surface area contributed by atoms with Crippen molar-refractivity contribution in [3.63, 3.8) is 0 Å². The van der Waals surface area contributed by atoms with Gasteiger partial charge < -0.3 is 5.32 Å². The second-order valence-corrected chi connectivity index (χ2v) is 8.18. The summed E-state index contributed by atoms with van der Waals surface area (Å²) in [5.74, 6) is 1.28. The summed E-state index contributed by atoms with van der Waals surface area (Å²) in [7, 11) is 0. The van der Waals surface area contributed by atoms with Crippen LogP contribution in [-0.2, 0) is 6.54 Å². The predicted molar refractivity (Wildman–Crippen MR) is 110 cm³/mol. The van der Waals surface area contributed by atoms with E-state index in [0.717, 1.165) is 17.1 Å². The lowest BCUT2D eigenvalue weighted by molar-refractivity contribution is 0.444. The Morgan fingerprint density at radius 3 is 2.48 bits per heavy atom. The summed E-state index contributed by atoms with van der Waals surface area (Å²) < 4.78 is 0. The maximum absolute atomic E-state index is 6.28. The van der Waals surface area contributed by atoms with E-state index in [1.807, 2.05) is 6.92 Å². The fourth-order valence-corrected chi connectivity index (χ4v) is 4.00. The quantitative estimate of drug-likeness (QED) is 0.587. The molecule has 1 aliphatic rings. The van der Waals surface area contributed by atoms with Crippen molar-refractivity contribution >= 4 is 17.3 Å². The van der Waals surface area contributed by atoms with Crippen LogP contribution in [0, 0.1) is 6.92 Å². The second kappa shape index (κ2) is 8.27. The molecule has 0 radical (unpaired) electrons. The molecule has 25 heavy (non-hydrogen) atoms. The van der Waals surface area contributed by atoms with Crippen molar-refractivity contribution in [1.82, 2.24) is 0 Å². The Morgan fingerprint density at radius 1 is 1.04 bits per heavy atom. The van der Waals surface area contributed by atoms with E-state index in [1.165, 1.54) is 54.5 Å². The van der Waals surface area contributed by atoms with E-state index in [-0.39, 0.29) is 0 Å². The van der Waals surface area contributed by atoms with E-state index in [9.17, 15) is 0 Å². The molecule has 2 heteroatoms. The Morgan fingerprint density at radius 2 is 1.80 bits per heavy atom. The van der Waals surface area contributed by atoms with Crippen molar-refractivity contribution in [2.75, 3.05) is 5.32 Å². The lowest BCUT2D eigenvalue weighted by atomic mass is 9.82. The summed E-state index contributed by atoms with van der Waals surface area (Å²) in [6, 6.07) is 13.4. The van der Waals surface area contributed by atoms with Gasteiger partial charge in [-0.05, 0) is 66.0 Å². The third-order valence-corrected chi connectivity index (χ3v) is 5.91. The highest BCUT2D eigenvalue weighted by molar-refractivity contribution is 6.31. The van der Waals surface area contributed by atoms with Gasteiger partial charge in [-0.15, -0.1) is 0 Å². The Hall–Kier alpha value is -1.47. The molecule has 3 rings (SSSR count). The number of aryl methyl sites for hydroxylation is 1. The molecule has 0 saturated heterocycles. The molecule has 134 valence electrons. The molecule has 1 saturated carbocycles. The maximum atomic E-state index is 6.28. The zero-order chi connectivity index (χ0) is 17.8. The van der Waals surface area contributed by atoms with Gasteiger partial charge in [0.05, 0.1) is 0 Å². The SMILES string of the molecule is Cc1ccc(CNc2ccc(C(C)C)cc2C2CCCCC2)cc1Cl. The van der Waals surface area contributed by atoms with Gasteiger partial charge in [-0.2, -0.15) is 0 Å². The number of anilines is 1. The summed E-state index contributed by atoms with van der Waals surface area (Å²) >= 11 is 6.28. The zero-order valence-corrected chi connectivity index (χ0v) is 16.5. The molecular weight excluding hydrogens is 326 g/mol. The smallest absolute Gasteiger partial charge is 0.0438 e. The normalized spacial score (nSPS) is 15.6. The van der Waals surface area contributed by atoms with Crippen molar-refractivity contribution in [2.45, 2.75) is 71.3 Å². The van der Waals surface area contributed by atoms with Crippen molar-refractivity contribution in [3.05, 3.63) is 63.7 Å². The van der Waals surface area contributed by atoms with Crippen molar-refractivity contribution < 1.29 is 0 Å². The standard InChI is InChI=1S/C23H30ClN/c1-16(2)20-11-12-23(21(14-20)19-7-5-4-6-8-19)25-15-18-10-9-17(3)22(24)13-18/h9-14,16,19,25H,4-8,15H2,1-3H3. The van der Waals surface area contributed by atoms with E-state index in [2.05, 4.69) is 55.6 Å². The number of halogens is 1. The molecule has 0 atom stereocenters. The number of hydrogen-bond acceptors (Lipinski definition) is 1. The third-order valence-electron chi connectivity index (χ3n) is 5.51. The number of rotatable bonds is 5. The first kappa shape index (κ1) is 18.3. The molecule has 0 amide bonds. The van der Waals surface area contributed by atoms with Gasteiger partial charge in [-0.1, -0.05) is 69.0 Å². The first-order valence-corrected chi connectivity index (χ1v) is 10.0. The first-order chi connectivity index (χ1) is 12.0. The van der Waals surface area contributed by atoms with Gasteiger partial charge in [0.25, 0.3) is 0 Å². The third kappa shape index (κ3) is 4.58. The van der Waals surface area contributed by atoms with Crippen LogP contribution in [0.2, 0.25) is 5.02 Å². The van der Waals surface area contributed by atoms with Gasteiger partial charge in [0.1, 0.15) is 0 Å². The van der Waals surface area contributed by atoms with Gasteiger partial charge in [-0.3, -0.25) is 0 Å². The van der Waals surface area contributed by atoms with Crippen LogP contribution in [0.25, 0.3) is 0 Å². The monoisotopic (exact) mass is 355 g/mol. The molecule has 1 aliphatic carbocycles. The topological polar surface area (TPSA) is 12.0 Å². The summed E-state index contributed by atoms with van der Waals surface area (Å²) in [6.07, 6.45) is 6.78. The highest BCUT2D eigenvalue weighted by atomic mass is 35.5. The van der Waals surface area contributed by atoms with Gasteiger partial charge in [0.2, 0.25) is 0 Å². The molecular formula is C23H30ClN. The van der Waals surface area contributed by atoms with Crippen LogP contribution in [0.5, 0.6) is 0 Å². The van der Waals surface area contributed by atoms with Crippen molar-refractivity contribution in [2.24, 2.45) is 0 Å². The van der Waals surface area contributed by atoms with Crippen LogP contribution in [0.3, 0.4) is 0 Å². The minimum Gasteiger partial charge on any atom is -0.381 e. The summed E-state index contributed by atoms with van der Waals surface area (Å²) in [5.41, 5.74) is 6.63. The van der Waals surface area contributed by atoms with E-state index in [4.69, 9.17) is 11.6 Å². The molecule has 0 unspecified atom stereocenters. The zero-order valence-electron chi connectivity index (χ0n) is 15.7. The minimum absolute atomic E-state index is 0.576. The van der Waals surface area contributed by atoms with Gasteiger partial charge in [0, 0.05) is 17.3 Å². The molecule has 1 nitrogen and oxygen atoms in total. The fraction of sp³-hybridized carbons (Fsp3) is 0.478. The highest BCUT2D eigenvalue weighted by Crippen LogP contribution is 2.38. The molecule has 0 heterocycles. The van der Waals surface area contributed by atoms with Crippen LogP contribution in [0.1, 0.15) is 80.0 Å². The second-order valence-electron chi connectivity index (χ2n) is 7.77. The molecule has 1 N–H and O–H groups in total. The highest BCUT2D eigenvalue weighted by Gasteiger charge is 2.19. The predicted octanol–water partition coefficient (Wildman–Crippen LogP) is 7.43. The summed E-state index contributed by atoms with van der Waals surface area (Å²) in [4.78, 5) is 0. The van der Waals surface area contributed by atoms with E-state index >= 15 is 0 Å². The molecule has 0 spiro atoms. The van der Waals surface area contributed by atoms with Gasteiger partial charge in [-0.25, -0.2) is 0 Å². The fourth-order valence-electron chi connectivity index (χ4n) is 3.80. The maximum Gasteiger partial charge on any atom is 0.0438 e. The molecule has 0 aliphatic heterocycles. The van der Waals surface area contributed by atoms with E-state index in [0.29, 0.717) is 11.8 Å². The molecule has 0 aromatic heterocycles. The van der Waals surface area contributed by atoms with Crippen LogP contribution >= 0.6 is 11.6 Å². The molecule has 2 aromatic carbocycles. The molecule has 0 bridgehead atoms. The van der Waals surface area contributed by atoms with Crippen LogP contribution < -0.4 is 5.32 Å². The Balaban J connectivity index is 1.82. The summed E-state index contributed by atoms with van der Waals surface area (Å²) in [5, 5.41) is 4.53. The summed E-state index contributed by atoms with van der Waals surface area (Å²) in [6.45, 7) is 7.43. The number of hydrogen-bond donors (Lipinski definition) is 1. The lowest BCUT2D eigenvalue weighted by Crippen LogP contribution is -2.10. The molecule has 2 aromatic rings. The Kier molecular flexibility index (Phi) is 6.06.